The summed E-state index contributed by atoms with van der Waals surface area (Å²) in [5, 5.41) is 8.40. The molecule has 0 bridgehead atoms. The summed E-state index contributed by atoms with van der Waals surface area (Å²) in [5.41, 5.74) is 3.77. The smallest absolute Gasteiger partial charge is 0.276 e. The maximum absolute atomic E-state index is 5.30. The number of rotatable bonds is 5. The molecule has 4 nitrogen and oxygen atoms in total. The van der Waals surface area contributed by atoms with Crippen LogP contribution in [0, 0.1) is 0 Å². The Balaban J connectivity index is 2.31. The molecule has 0 atom stereocenters. The molecule has 0 spiro atoms. The van der Waals surface area contributed by atoms with Gasteiger partial charge in [-0.25, -0.2) is 0 Å². The summed E-state index contributed by atoms with van der Waals surface area (Å²) in [6.45, 7) is 0.976. The van der Waals surface area contributed by atoms with Crippen molar-refractivity contribution in [3.05, 3.63) is 5.89 Å². The van der Waals surface area contributed by atoms with Crippen molar-refractivity contribution in [1.29, 1.82) is 0 Å². The molecule has 0 aliphatic rings. The molecular formula is C7H14N3OS+. The minimum absolute atomic E-state index is 0.652. The largest absolute Gasteiger partial charge is 0.416 e. The molecule has 0 aromatic carbocycles. The van der Waals surface area contributed by atoms with Gasteiger partial charge in [-0.05, 0) is 19.1 Å². The number of thioether (sulfide) groups is 1. The van der Waals surface area contributed by atoms with Crippen molar-refractivity contribution in [2.24, 2.45) is 0 Å². The van der Waals surface area contributed by atoms with Gasteiger partial charge < -0.3 is 10.2 Å². The van der Waals surface area contributed by atoms with E-state index < -0.39 is 0 Å². The van der Waals surface area contributed by atoms with Crippen LogP contribution < -0.4 is 5.73 Å². The Labute approximate surface area is 75.9 Å². The highest BCUT2D eigenvalue weighted by atomic mass is 32.2. The summed E-state index contributed by atoms with van der Waals surface area (Å²) in [6, 6.07) is 0. The Morgan fingerprint density at radius 1 is 1.42 bits per heavy atom. The van der Waals surface area contributed by atoms with Crippen LogP contribution in [0.1, 0.15) is 18.7 Å². The quantitative estimate of drug-likeness (QED) is 0.535. The zero-order valence-electron chi connectivity index (χ0n) is 7.25. The van der Waals surface area contributed by atoms with Crippen molar-refractivity contribution in [2.75, 3.05) is 12.8 Å². The lowest BCUT2D eigenvalue weighted by Crippen LogP contribution is -2.50. The Bertz CT molecular complexity index is 226. The van der Waals surface area contributed by atoms with E-state index in [1.165, 1.54) is 11.8 Å². The highest BCUT2D eigenvalue weighted by molar-refractivity contribution is 7.98. The standard InChI is InChI=1S/C7H13N3OS/c1-12-7-10-9-6(11-7)4-2-3-5-8/h2-5,8H2,1H3/p+1. The Kier molecular flexibility index (Phi) is 4.10. The fourth-order valence-electron chi connectivity index (χ4n) is 0.875. The van der Waals surface area contributed by atoms with Crippen LogP contribution >= 0.6 is 11.8 Å². The third kappa shape index (κ3) is 2.83. The highest BCUT2D eigenvalue weighted by Crippen LogP contribution is 2.12. The molecule has 3 N–H and O–H groups in total. The molecular weight excluding hydrogens is 174 g/mol. The number of aromatic nitrogens is 2. The van der Waals surface area contributed by atoms with Gasteiger partial charge >= 0.3 is 0 Å². The van der Waals surface area contributed by atoms with E-state index in [4.69, 9.17) is 4.42 Å². The molecule has 1 rings (SSSR count). The molecule has 0 radical (unpaired) electrons. The SMILES string of the molecule is CSc1nnc(CCCC[NH3+])o1. The van der Waals surface area contributed by atoms with Gasteiger partial charge in [-0.2, -0.15) is 0 Å². The second kappa shape index (κ2) is 5.16. The fraction of sp³-hybridized carbons (Fsp3) is 0.714. The maximum Gasteiger partial charge on any atom is 0.276 e. The van der Waals surface area contributed by atoms with Crippen LogP contribution in [0.4, 0.5) is 0 Å². The predicted molar refractivity (Wildman–Crippen MR) is 46.8 cm³/mol. The molecule has 1 aromatic heterocycles. The van der Waals surface area contributed by atoms with E-state index in [1.54, 1.807) is 0 Å². The number of hydrogen-bond donors (Lipinski definition) is 1. The minimum atomic E-state index is 0.652. The van der Waals surface area contributed by atoms with Crippen LogP contribution in [0.2, 0.25) is 0 Å². The van der Waals surface area contributed by atoms with Crippen molar-refractivity contribution in [3.8, 4) is 0 Å². The second-order valence-corrected chi connectivity index (χ2v) is 3.23. The molecule has 0 saturated heterocycles. The van der Waals surface area contributed by atoms with Crippen molar-refractivity contribution in [3.63, 3.8) is 0 Å². The zero-order valence-corrected chi connectivity index (χ0v) is 8.06. The third-order valence-electron chi connectivity index (χ3n) is 1.51. The first kappa shape index (κ1) is 9.54. The normalized spacial score (nSPS) is 10.5. The molecule has 0 aliphatic heterocycles. The van der Waals surface area contributed by atoms with Crippen LogP contribution in [-0.4, -0.2) is 23.0 Å². The van der Waals surface area contributed by atoms with E-state index in [-0.39, 0.29) is 0 Å². The van der Waals surface area contributed by atoms with Crippen molar-refractivity contribution < 1.29 is 10.2 Å². The van der Waals surface area contributed by atoms with E-state index in [9.17, 15) is 0 Å². The number of aryl methyl sites for hydroxylation is 1. The van der Waals surface area contributed by atoms with Gasteiger partial charge in [-0.3, -0.25) is 0 Å². The molecule has 0 amide bonds. The number of unbranched alkanes of at least 4 members (excludes halogenated alkanes) is 1. The molecule has 0 saturated carbocycles. The lowest BCUT2D eigenvalue weighted by atomic mass is 10.2. The monoisotopic (exact) mass is 188 g/mol. The molecule has 0 aliphatic carbocycles. The van der Waals surface area contributed by atoms with Crippen LogP contribution in [-0.2, 0) is 6.42 Å². The lowest BCUT2D eigenvalue weighted by molar-refractivity contribution is -0.368. The summed E-state index contributed by atoms with van der Waals surface area (Å²) < 4.78 is 5.30. The third-order valence-corrected chi connectivity index (χ3v) is 2.03. The topological polar surface area (TPSA) is 66.6 Å². The van der Waals surface area contributed by atoms with Gasteiger partial charge in [0.1, 0.15) is 0 Å². The maximum atomic E-state index is 5.30. The van der Waals surface area contributed by atoms with Crippen molar-refractivity contribution in [1.82, 2.24) is 10.2 Å². The fourth-order valence-corrected chi connectivity index (χ4v) is 1.18. The molecule has 1 heterocycles. The molecule has 0 unspecified atom stereocenters. The zero-order chi connectivity index (χ0) is 8.81. The highest BCUT2D eigenvalue weighted by Gasteiger charge is 2.03. The van der Waals surface area contributed by atoms with Crippen LogP contribution in [0.3, 0.4) is 0 Å². The first-order valence-corrected chi connectivity index (χ1v) is 5.25. The van der Waals surface area contributed by atoms with Crippen LogP contribution in [0.5, 0.6) is 0 Å². The summed E-state index contributed by atoms with van der Waals surface area (Å²) >= 11 is 1.48. The summed E-state index contributed by atoms with van der Waals surface area (Å²) in [6.07, 6.45) is 5.01. The van der Waals surface area contributed by atoms with E-state index >= 15 is 0 Å². The Morgan fingerprint density at radius 2 is 2.25 bits per heavy atom. The lowest BCUT2D eigenvalue weighted by Gasteiger charge is -1.90. The average molecular weight is 188 g/mol. The molecule has 5 heteroatoms. The molecule has 68 valence electrons. The van der Waals surface area contributed by atoms with Gasteiger partial charge in [0.05, 0.1) is 6.54 Å². The number of quaternary nitrogens is 1. The second-order valence-electron chi connectivity index (χ2n) is 2.48. The van der Waals surface area contributed by atoms with Crippen LogP contribution in [0.25, 0.3) is 0 Å². The van der Waals surface area contributed by atoms with E-state index in [0.717, 1.165) is 31.7 Å². The van der Waals surface area contributed by atoms with E-state index in [1.807, 2.05) is 6.26 Å². The Hall–Kier alpha value is -0.550. The van der Waals surface area contributed by atoms with Crippen LogP contribution in [0.15, 0.2) is 9.64 Å². The number of hydrogen-bond acceptors (Lipinski definition) is 4. The number of nitrogens with zero attached hydrogens (tertiary/aromatic N) is 2. The summed E-state index contributed by atoms with van der Waals surface area (Å²) in [4.78, 5) is 0. The van der Waals surface area contributed by atoms with Crippen molar-refractivity contribution in [2.45, 2.75) is 24.5 Å². The van der Waals surface area contributed by atoms with E-state index in [2.05, 4.69) is 15.9 Å². The predicted octanol–water partition coefficient (Wildman–Crippen LogP) is 0.356. The first-order chi connectivity index (χ1) is 5.86. The van der Waals surface area contributed by atoms with Gasteiger partial charge in [0.2, 0.25) is 5.89 Å². The molecule has 1 aromatic rings. The van der Waals surface area contributed by atoms with Gasteiger partial charge in [0.15, 0.2) is 0 Å². The molecule has 12 heavy (non-hydrogen) atoms. The minimum Gasteiger partial charge on any atom is -0.416 e. The summed E-state index contributed by atoms with van der Waals surface area (Å²) in [7, 11) is 0. The average Bonchev–Trinajstić information content (AvgIpc) is 2.53. The Morgan fingerprint density at radius 3 is 2.83 bits per heavy atom. The van der Waals surface area contributed by atoms with Gasteiger partial charge in [0.25, 0.3) is 5.22 Å². The van der Waals surface area contributed by atoms with Gasteiger partial charge in [0, 0.05) is 6.42 Å². The van der Waals surface area contributed by atoms with Crippen molar-refractivity contribution >= 4 is 11.8 Å². The van der Waals surface area contributed by atoms with Gasteiger partial charge in [-0.1, -0.05) is 11.8 Å². The van der Waals surface area contributed by atoms with Gasteiger partial charge in [-0.15, -0.1) is 10.2 Å². The first-order valence-electron chi connectivity index (χ1n) is 4.02. The van der Waals surface area contributed by atoms with E-state index in [0.29, 0.717) is 5.22 Å². The summed E-state index contributed by atoms with van der Waals surface area (Å²) in [5.74, 6) is 0.743. The molecule has 0 fully saturated rings.